The Morgan fingerprint density at radius 3 is 2.96 bits per heavy atom. The number of amides is 2. The van der Waals surface area contributed by atoms with Gasteiger partial charge in [-0.25, -0.2) is 4.79 Å². The van der Waals surface area contributed by atoms with Crippen LogP contribution in [0.15, 0.2) is 48.8 Å². The first-order valence-corrected chi connectivity index (χ1v) is 8.89. The number of hydrogen-bond acceptors (Lipinski definition) is 3. The molecular formula is C19H26N4O2. The first kappa shape index (κ1) is 17.5. The van der Waals surface area contributed by atoms with Crippen molar-refractivity contribution in [3.05, 3.63) is 54.4 Å². The Labute approximate surface area is 148 Å². The highest BCUT2D eigenvalue weighted by Gasteiger charge is 2.25. The van der Waals surface area contributed by atoms with Gasteiger partial charge in [0, 0.05) is 38.1 Å². The summed E-state index contributed by atoms with van der Waals surface area (Å²) >= 11 is 0. The molecule has 2 N–H and O–H groups in total. The van der Waals surface area contributed by atoms with E-state index in [4.69, 9.17) is 4.74 Å². The summed E-state index contributed by atoms with van der Waals surface area (Å²) in [6.07, 6.45) is 5.41. The van der Waals surface area contributed by atoms with Crippen LogP contribution < -0.4 is 10.6 Å². The van der Waals surface area contributed by atoms with Gasteiger partial charge in [0.1, 0.15) is 0 Å². The highest BCUT2D eigenvalue weighted by Crippen LogP contribution is 2.27. The predicted octanol–water partition coefficient (Wildman–Crippen LogP) is 2.74. The van der Waals surface area contributed by atoms with Crippen LogP contribution in [0, 0.1) is 5.92 Å². The molecule has 0 spiro atoms. The highest BCUT2D eigenvalue weighted by atomic mass is 16.5. The number of hydrogen-bond donors (Lipinski definition) is 2. The summed E-state index contributed by atoms with van der Waals surface area (Å²) in [5.41, 5.74) is 1.17. The van der Waals surface area contributed by atoms with Crippen LogP contribution in [-0.4, -0.2) is 35.0 Å². The SMILES string of the molecule is C[C@H](CNC(=O)N[C@H]1CCO[C@H](c2ccccc2)C1)Cn1cccn1. The lowest BCUT2D eigenvalue weighted by atomic mass is 9.97. The number of nitrogens with zero attached hydrogens (tertiary/aromatic N) is 2. The molecule has 1 aliphatic rings. The van der Waals surface area contributed by atoms with Crippen LogP contribution >= 0.6 is 0 Å². The summed E-state index contributed by atoms with van der Waals surface area (Å²) in [7, 11) is 0. The zero-order chi connectivity index (χ0) is 17.5. The van der Waals surface area contributed by atoms with E-state index in [1.807, 2.05) is 35.1 Å². The molecule has 2 amide bonds. The Balaban J connectivity index is 1.41. The fourth-order valence-electron chi connectivity index (χ4n) is 3.12. The fourth-order valence-corrected chi connectivity index (χ4v) is 3.12. The number of nitrogens with one attached hydrogen (secondary N) is 2. The number of ether oxygens (including phenoxy) is 1. The van der Waals surface area contributed by atoms with Crippen molar-refractivity contribution in [1.82, 2.24) is 20.4 Å². The number of carbonyl (C=O) groups excluding carboxylic acids is 1. The standard InChI is InChI=1S/C19H26N4O2/c1-15(14-23-10-5-9-21-23)13-20-19(24)22-17-8-11-25-18(12-17)16-6-3-2-4-7-16/h2-7,9-10,15,17-18H,8,11-14H2,1H3,(H2,20,22,24)/t15-,17+,18+/m1/s1. The molecule has 0 saturated carbocycles. The second kappa shape index (κ2) is 8.67. The maximum Gasteiger partial charge on any atom is 0.315 e. The largest absolute Gasteiger partial charge is 0.373 e. The third-order valence-corrected chi connectivity index (χ3v) is 4.46. The molecule has 0 aliphatic carbocycles. The molecule has 134 valence electrons. The van der Waals surface area contributed by atoms with Crippen molar-refractivity contribution in [3.8, 4) is 0 Å². The normalized spacial score (nSPS) is 21.5. The van der Waals surface area contributed by atoms with Gasteiger partial charge in [-0.2, -0.15) is 5.10 Å². The van der Waals surface area contributed by atoms with Crippen LogP contribution in [-0.2, 0) is 11.3 Å². The maximum absolute atomic E-state index is 12.2. The van der Waals surface area contributed by atoms with Crippen molar-refractivity contribution in [2.24, 2.45) is 5.92 Å². The first-order valence-electron chi connectivity index (χ1n) is 8.89. The molecule has 1 fully saturated rings. The van der Waals surface area contributed by atoms with Crippen LogP contribution in [0.4, 0.5) is 4.79 Å². The molecule has 1 aromatic heterocycles. The molecule has 3 atom stereocenters. The minimum Gasteiger partial charge on any atom is -0.373 e. The van der Waals surface area contributed by atoms with Crippen molar-refractivity contribution in [2.45, 2.75) is 38.5 Å². The van der Waals surface area contributed by atoms with E-state index in [0.717, 1.165) is 19.4 Å². The van der Waals surface area contributed by atoms with Gasteiger partial charge in [0.15, 0.2) is 0 Å². The van der Waals surface area contributed by atoms with Gasteiger partial charge in [-0.15, -0.1) is 0 Å². The van der Waals surface area contributed by atoms with E-state index in [2.05, 4.69) is 34.8 Å². The number of aromatic nitrogens is 2. The Hall–Kier alpha value is -2.34. The third kappa shape index (κ3) is 5.32. The van der Waals surface area contributed by atoms with E-state index < -0.39 is 0 Å². The second-order valence-corrected chi connectivity index (χ2v) is 6.68. The van der Waals surface area contributed by atoms with Gasteiger partial charge >= 0.3 is 6.03 Å². The Bertz CT molecular complexity index is 645. The van der Waals surface area contributed by atoms with Gasteiger partial charge < -0.3 is 15.4 Å². The molecule has 2 aromatic rings. The fraction of sp³-hybridized carbons (Fsp3) is 0.474. The number of rotatable bonds is 6. The minimum absolute atomic E-state index is 0.0546. The third-order valence-electron chi connectivity index (χ3n) is 4.46. The molecule has 6 heteroatoms. The lowest BCUT2D eigenvalue weighted by molar-refractivity contribution is 0.00225. The van der Waals surface area contributed by atoms with E-state index in [1.165, 1.54) is 5.56 Å². The molecule has 1 aliphatic heterocycles. The zero-order valence-corrected chi connectivity index (χ0v) is 14.6. The molecule has 0 unspecified atom stereocenters. The summed E-state index contributed by atoms with van der Waals surface area (Å²) in [6, 6.07) is 12.1. The van der Waals surface area contributed by atoms with E-state index in [-0.39, 0.29) is 18.2 Å². The van der Waals surface area contributed by atoms with E-state index in [0.29, 0.717) is 19.1 Å². The Kier molecular flexibility index (Phi) is 6.06. The van der Waals surface area contributed by atoms with Crippen LogP contribution in [0.5, 0.6) is 0 Å². The lowest BCUT2D eigenvalue weighted by Gasteiger charge is -2.30. The average Bonchev–Trinajstić information content (AvgIpc) is 3.14. The summed E-state index contributed by atoms with van der Waals surface area (Å²) in [5.74, 6) is 0.317. The zero-order valence-electron chi connectivity index (χ0n) is 14.6. The number of carbonyl (C=O) groups is 1. The number of urea groups is 1. The first-order chi connectivity index (χ1) is 12.2. The summed E-state index contributed by atoms with van der Waals surface area (Å²) in [6.45, 7) is 4.18. The van der Waals surface area contributed by atoms with Gasteiger partial charge in [0.25, 0.3) is 0 Å². The van der Waals surface area contributed by atoms with Crippen LogP contribution in [0.2, 0.25) is 0 Å². The van der Waals surface area contributed by atoms with Gasteiger partial charge in [-0.3, -0.25) is 4.68 Å². The molecule has 25 heavy (non-hydrogen) atoms. The average molecular weight is 342 g/mol. The highest BCUT2D eigenvalue weighted by molar-refractivity contribution is 5.74. The van der Waals surface area contributed by atoms with Crippen molar-refractivity contribution in [3.63, 3.8) is 0 Å². The molecule has 3 rings (SSSR count). The molecule has 1 aromatic carbocycles. The summed E-state index contributed by atoms with van der Waals surface area (Å²) in [5, 5.41) is 10.2. The van der Waals surface area contributed by atoms with Crippen LogP contribution in [0.3, 0.4) is 0 Å². The summed E-state index contributed by atoms with van der Waals surface area (Å²) < 4.78 is 7.73. The van der Waals surface area contributed by atoms with Crippen molar-refractivity contribution < 1.29 is 9.53 Å². The molecule has 0 bridgehead atoms. The molecule has 1 saturated heterocycles. The van der Waals surface area contributed by atoms with Crippen LogP contribution in [0.25, 0.3) is 0 Å². The summed E-state index contributed by atoms with van der Waals surface area (Å²) in [4.78, 5) is 12.2. The molecular weight excluding hydrogens is 316 g/mol. The van der Waals surface area contributed by atoms with Crippen LogP contribution in [0.1, 0.15) is 31.4 Å². The quantitative estimate of drug-likeness (QED) is 0.848. The van der Waals surface area contributed by atoms with E-state index in [1.54, 1.807) is 6.20 Å². The van der Waals surface area contributed by atoms with Gasteiger partial charge in [-0.1, -0.05) is 37.3 Å². The monoisotopic (exact) mass is 342 g/mol. The van der Waals surface area contributed by atoms with E-state index >= 15 is 0 Å². The van der Waals surface area contributed by atoms with Crippen molar-refractivity contribution in [2.75, 3.05) is 13.2 Å². The topological polar surface area (TPSA) is 68.2 Å². The number of benzene rings is 1. The maximum atomic E-state index is 12.2. The predicted molar refractivity (Wildman–Crippen MR) is 96.1 cm³/mol. The Morgan fingerprint density at radius 1 is 1.36 bits per heavy atom. The van der Waals surface area contributed by atoms with Crippen molar-refractivity contribution in [1.29, 1.82) is 0 Å². The van der Waals surface area contributed by atoms with E-state index in [9.17, 15) is 4.79 Å². The van der Waals surface area contributed by atoms with Gasteiger partial charge in [-0.05, 0) is 30.4 Å². The second-order valence-electron chi connectivity index (χ2n) is 6.68. The smallest absolute Gasteiger partial charge is 0.315 e. The van der Waals surface area contributed by atoms with Crippen molar-refractivity contribution >= 4 is 6.03 Å². The van der Waals surface area contributed by atoms with Gasteiger partial charge in [0.2, 0.25) is 0 Å². The minimum atomic E-state index is -0.106. The lowest BCUT2D eigenvalue weighted by Crippen LogP contribution is -2.46. The Morgan fingerprint density at radius 2 is 2.20 bits per heavy atom. The molecule has 0 radical (unpaired) electrons. The van der Waals surface area contributed by atoms with Gasteiger partial charge in [0.05, 0.1) is 6.10 Å². The molecule has 6 nitrogen and oxygen atoms in total. The molecule has 2 heterocycles.